The van der Waals surface area contributed by atoms with Gasteiger partial charge in [-0.15, -0.1) is 0 Å². The molecule has 1 N–H and O–H groups in total. The number of hydrogen-bond donors (Lipinski definition) is 1. The van der Waals surface area contributed by atoms with Crippen LogP contribution in [0.2, 0.25) is 0 Å². The van der Waals surface area contributed by atoms with Crippen molar-refractivity contribution in [2.24, 2.45) is 5.92 Å². The van der Waals surface area contributed by atoms with E-state index in [-0.39, 0.29) is 0 Å². The first-order valence-electron chi connectivity index (χ1n) is 6.64. The van der Waals surface area contributed by atoms with Gasteiger partial charge in [-0.2, -0.15) is 0 Å². The SMILES string of the molecule is CC(C)CC(NC1CCOC1)c1ccccc1. The zero-order valence-electron chi connectivity index (χ0n) is 10.9. The van der Waals surface area contributed by atoms with Crippen LogP contribution in [0, 0.1) is 5.92 Å². The van der Waals surface area contributed by atoms with E-state index in [0.717, 1.165) is 19.6 Å². The summed E-state index contributed by atoms with van der Waals surface area (Å²) >= 11 is 0. The van der Waals surface area contributed by atoms with Gasteiger partial charge in [0.05, 0.1) is 6.61 Å². The summed E-state index contributed by atoms with van der Waals surface area (Å²) in [6, 6.07) is 11.7. The molecule has 2 rings (SSSR count). The second-order valence-corrected chi connectivity index (χ2v) is 5.32. The maximum Gasteiger partial charge on any atom is 0.0620 e. The highest BCUT2D eigenvalue weighted by atomic mass is 16.5. The molecule has 1 saturated heterocycles. The van der Waals surface area contributed by atoms with E-state index in [9.17, 15) is 0 Å². The molecule has 0 aliphatic carbocycles. The van der Waals surface area contributed by atoms with Crippen LogP contribution in [-0.4, -0.2) is 19.3 Å². The Hall–Kier alpha value is -0.860. The van der Waals surface area contributed by atoms with Crippen LogP contribution in [0.25, 0.3) is 0 Å². The molecule has 0 bridgehead atoms. The molecule has 2 heteroatoms. The highest BCUT2D eigenvalue weighted by Gasteiger charge is 2.21. The van der Waals surface area contributed by atoms with Crippen molar-refractivity contribution in [3.05, 3.63) is 35.9 Å². The van der Waals surface area contributed by atoms with Crippen LogP contribution >= 0.6 is 0 Å². The predicted octanol–water partition coefficient (Wildman–Crippen LogP) is 3.15. The van der Waals surface area contributed by atoms with Crippen molar-refractivity contribution in [2.75, 3.05) is 13.2 Å². The Morgan fingerprint density at radius 1 is 1.29 bits per heavy atom. The molecule has 2 atom stereocenters. The number of hydrogen-bond acceptors (Lipinski definition) is 2. The van der Waals surface area contributed by atoms with Gasteiger partial charge in [-0.05, 0) is 24.3 Å². The van der Waals surface area contributed by atoms with Gasteiger partial charge < -0.3 is 10.1 Å². The van der Waals surface area contributed by atoms with Crippen LogP contribution in [0.15, 0.2) is 30.3 Å². The van der Waals surface area contributed by atoms with Crippen molar-refractivity contribution >= 4 is 0 Å². The number of benzene rings is 1. The van der Waals surface area contributed by atoms with Gasteiger partial charge in [0, 0.05) is 18.7 Å². The van der Waals surface area contributed by atoms with Crippen molar-refractivity contribution in [3.8, 4) is 0 Å². The van der Waals surface area contributed by atoms with Gasteiger partial charge in [0.15, 0.2) is 0 Å². The molecule has 1 aliphatic heterocycles. The second-order valence-electron chi connectivity index (χ2n) is 5.32. The third kappa shape index (κ3) is 3.83. The summed E-state index contributed by atoms with van der Waals surface area (Å²) in [5.74, 6) is 0.704. The molecular weight excluding hydrogens is 210 g/mol. The third-order valence-corrected chi connectivity index (χ3v) is 3.28. The zero-order chi connectivity index (χ0) is 12.1. The summed E-state index contributed by atoms with van der Waals surface area (Å²) in [6.45, 7) is 6.33. The molecule has 1 aromatic rings. The summed E-state index contributed by atoms with van der Waals surface area (Å²) in [5.41, 5.74) is 1.40. The molecule has 1 fully saturated rings. The first-order chi connectivity index (χ1) is 8.25. The molecule has 1 heterocycles. The lowest BCUT2D eigenvalue weighted by Gasteiger charge is -2.24. The zero-order valence-corrected chi connectivity index (χ0v) is 10.9. The first kappa shape index (κ1) is 12.6. The standard InChI is InChI=1S/C15H23NO/c1-12(2)10-15(13-6-4-3-5-7-13)16-14-8-9-17-11-14/h3-7,12,14-16H,8-11H2,1-2H3. The van der Waals surface area contributed by atoms with Crippen LogP contribution in [0.1, 0.15) is 38.3 Å². The van der Waals surface area contributed by atoms with E-state index >= 15 is 0 Å². The molecule has 1 aliphatic rings. The fourth-order valence-electron chi connectivity index (χ4n) is 2.41. The van der Waals surface area contributed by atoms with Crippen molar-refractivity contribution in [1.29, 1.82) is 0 Å². The van der Waals surface area contributed by atoms with E-state index < -0.39 is 0 Å². The topological polar surface area (TPSA) is 21.3 Å². The van der Waals surface area contributed by atoms with Crippen molar-refractivity contribution in [3.63, 3.8) is 0 Å². The lowest BCUT2D eigenvalue weighted by molar-refractivity contribution is 0.187. The van der Waals surface area contributed by atoms with Crippen molar-refractivity contribution in [1.82, 2.24) is 5.32 Å². The Labute approximate surface area is 104 Å². The van der Waals surface area contributed by atoms with Crippen molar-refractivity contribution in [2.45, 2.75) is 38.8 Å². The Balaban J connectivity index is 2.02. The monoisotopic (exact) mass is 233 g/mol. The Morgan fingerprint density at radius 3 is 2.65 bits per heavy atom. The molecule has 0 radical (unpaired) electrons. The van der Waals surface area contributed by atoms with Crippen LogP contribution in [0.5, 0.6) is 0 Å². The second kappa shape index (κ2) is 6.18. The highest BCUT2D eigenvalue weighted by molar-refractivity contribution is 5.19. The number of nitrogens with one attached hydrogen (secondary N) is 1. The van der Waals surface area contributed by atoms with E-state index in [0.29, 0.717) is 18.0 Å². The molecule has 0 spiro atoms. The van der Waals surface area contributed by atoms with Gasteiger partial charge >= 0.3 is 0 Å². The van der Waals surface area contributed by atoms with E-state index in [1.807, 2.05) is 0 Å². The Kier molecular flexibility index (Phi) is 4.57. The third-order valence-electron chi connectivity index (χ3n) is 3.28. The molecular formula is C15H23NO. The highest BCUT2D eigenvalue weighted by Crippen LogP contribution is 2.23. The summed E-state index contributed by atoms with van der Waals surface area (Å²) in [6.07, 6.45) is 2.32. The van der Waals surface area contributed by atoms with Crippen LogP contribution < -0.4 is 5.32 Å². The van der Waals surface area contributed by atoms with Gasteiger partial charge in [0.1, 0.15) is 0 Å². The number of ether oxygens (including phenoxy) is 1. The first-order valence-corrected chi connectivity index (χ1v) is 6.64. The van der Waals surface area contributed by atoms with Gasteiger partial charge in [-0.25, -0.2) is 0 Å². The van der Waals surface area contributed by atoms with Crippen LogP contribution in [0.4, 0.5) is 0 Å². The minimum atomic E-state index is 0.461. The van der Waals surface area contributed by atoms with Gasteiger partial charge in [-0.3, -0.25) is 0 Å². The quantitative estimate of drug-likeness (QED) is 0.843. The van der Waals surface area contributed by atoms with Crippen LogP contribution in [0.3, 0.4) is 0 Å². The largest absolute Gasteiger partial charge is 0.380 e. The minimum Gasteiger partial charge on any atom is -0.380 e. The van der Waals surface area contributed by atoms with E-state index in [4.69, 9.17) is 4.74 Å². The summed E-state index contributed by atoms with van der Waals surface area (Å²) in [4.78, 5) is 0. The Bertz CT molecular complexity index is 317. The Morgan fingerprint density at radius 2 is 2.06 bits per heavy atom. The molecule has 1 aromatic carbocycles. The molecule has 2 unspecified atom stereocenters. The molecule has 0 saturated carbocycles. The fraction of sp³-hybridized carbons (Fsp3) is 0.600. The van der Waals surface area contributed by atoms with Crippen LogP contribution in [-0.2, 0) is 4.74 Å². The normalized spacial score (nSPS) is 21.9. The van der Waals surface area contributed by atoms with Crippen molar-refractivity contribution < 1.29 is 4.74 Å². The van der Waals surface area contributed by atoms with E-state index in [1.165, 1.54) is 12.0 Å². The average Bonchev–Trinajstić information content (AvgIpc) is 2.82. The average molecular weight is 233 g/mol. The molecule has 0 aromatic heterocycles. The molecule has 17 heavy (non-hydrogen) atoms. The minimum absolute atomic E-state index is 0.461. The van der Waals surface area contributed by atoms with Gasteiger partial charge in [0.25, 0.3) is 0 Å². The van der Waals surface area contributed by atoms with E-state index in [2.05, 4.69) is 49.5 Å². The number of rotatable bonds is 5. The maximum atomic E-state index is 5.44. The summed E-state index contributed by atoms with van der Waals surface area (Å²) in [7, 11) is 0. The lowest BCUT2D eigenvalue weighted by Crippen LogP contribution is -2.33. The maximum absolute atomic E-state index is 5.44. The van der Waals surface area contributed by atoms with E-state index in [1.54, 1.807) is 0 Å². The van der Waals surface area contributed by atoms with Gasteiger partial charge in [-0.1, -0.05) is 44.2 Å². The molecule has 94 valence electrons. The lowest BCUT2D eigenvalue weighted by atomic mass is 9.96. The fourth-order valence-corrected chi connectivity index (χ4v) is 2.41. The summed E-state index contributed by atoms with van der Waals surface area (Å²) < 4.78 is 5.44. The molecule has 2 nitrogen and oxygen atoms in total. The smallest absolute Gasteiger partial charge is 0.0620 e. The summed E-state index contributed by atoms with van der Waals surface area (Å²) in [5, 5.41) is 3.74. The molecule has 0 amide bonds. The van der Waals surface area contributed by atoms with Gasteiger partial charge in [0.2, 0.25) is 0 Å². The predicted molar refractivity (Wildman–Crippen MR) is 71.0 cm³/mol.